The fourth-order valence-electron chi connectivity index (χ4n) is 2.12. The van der Waals surface area contributed by atoms with E-state index in [0.717, 1.165) is 22.6 Å². The van der Waals surface area contributed by atoms with Crippen LogP contribution in [0.1, 0.15) is 11.1 Å². The van der Waals surface area contributed by atoms with Gasteiger partial charge in [0.25, 0.3) is 0 Å². The molecule has 2 aromatic carbocycles. The zero-order valence-corrected chi connectivity index (χ0v) is 12.9. The lowest BCUT2D eigenvalue weighted by atomic mass is 10.1. The fourth-order valence-corrected chi connectivity index (χ4v) is 2.26. The first-order valence-electron chi connectivity index (χ1n) is 6.70. The third kappa shape index (κ3) is 3.76. The molecule has 4 heteroatoms. The molecule has 0 aromatic heterocycles. The Morgan fingerprint density at radius 1 is 1.14 bits per heavy atom. The van der Waals surface area contributed by atoms with Crippen LogP contribution < -0.4 is 9.64 Å². The second kappa shape index (κ2) is 7.14. The SMILES string of the molecule is COc1ccc(N(Cc2ccccc2C)C(=O)CCl)cc1. The molecule has 0 aliphatic heterocycles. The van der Waals surface area contributed by atoms with Crippen LogP contribution in [0.5, 0.6) is 5.75 Å². The summed E-state index contributed by atoms with van der Waals surface area (Å²) in [4.78, 5) is 13.8. The Kier molecular flexibility index (Phi) is 5.23. The van der Waals surface area contributed by atoms with E-state index in [1.807, 2.05) is 55.5 Å². The summed E-state index contributed by atoms with van der Waals surface area (Å²) in [7, 11) is 1.62. The van der Waals surface area contributed by atoms with Crippen molar-refractivity contribution in [3.8, 4) is 5.75 Å². The predicted molar refractivity (Wildman–Crippen MR) is 86.1 cm³/mol. The molecule has 21 heavy (non-hydrogen) atoms. The number of halogens is 1. The summed E-state index contributed by atoms with van der Waals surface area (Å²) >= 11 is 5.75. The highest BCUT2D eigenvalue weighted by molar-refractivity contribution is 6.29. The number of aryl methyl sites for hydroxylation is 1. The number of methoxy groups -OCH3 is 1. The van der Waals surface area contributed by atoms with Crippen LogP contribution in [0.4, 0.5) is 5.69 Å². The van der Waals surface area contributed by atoms with E-state index in [4.69, 9.17) is 16.3 Å². The third-order valence-electron chi connectivity index (χ3n) is 3.39. The van der Waals surface area contributed by atoms with E-state index in [1.165, 1.54) is 0 Å². The van der Waals surface area contributed by atoms with Crippen molar-refractivity contribution in [3.05, 3.63) is 59.7 Å². The summed E-state index contributed by atoms with van der Waals surface area (Å²) in [6.45, 7) is 2.54. The number of rotatable bonds is 5. The van der Waals surface area contributed by atoms with Crippen LogP contribution in [-0.2, 0) is 11.3 Å². The van der Waals surface area contributed by atoms with Gasteiger partial charge in [-0.3, -0.25) is 4.79 Å². The molecule has 0 radical (unpaired) electrons. The van der Waals surface area contributed by atoms with E-state index in [2.05, 4.69) is 0 Å². The van der Waals surface area contributed by atoms with E-state index in [1.54, 1.807) is 12.0 Å². The number of carbonyl (C=O) groups is 1. The Hall–Kier alpha value is -2.00. The van der Waals surface area contributed by atoms with Crippen molar-refractivity contribution in [1.29, 1.82) is 0 Å². The van der Waals surface area contributed by atoms with E-state index < -0.39 is 0 Å². The Bertz CT molecular complexity index is 610. The van der Waals surface area contributed by atoms with Gasteiger partial charge in [-0.15, -0.1) is 11.6 Å². The Morgan fingerprint density at radius 3 is 2.38 bits per heavy atom. The quantitative estimate of drug-likeness (QED) is 0.787. The smallest absolute Gasteiger partial charge is 0.242 e. The minimum absolute atomic E-state index is 0.0437. The van der Waals surface area contributed by atoms with E-state index in [9.17, 15) is 4.79 Å². The van der Waals surface area contributed by atoms with Gasteiger partial charge in [0.2, 0.25) is 5.91 Å². The maximum atomic E-state index is 12.1. The van der Waals surface area contributed by atoms with E-state index in [-0.39, 0.29) is 11.8 Å². The van der Waals surface area contributed by atoms with Crippen molar-refractivity contribution in [2.45, 2.75) is 13.5 Å². The molecule has 0 atom stereocenters. The molecule has 0 heterocycles. The van der Waals surface area contributed by atoms with Crippen molar-refractivity contribution < 1.29 is 9.53 Å². The van der Waals surface area contributed by atoms with Gasteiger partial charge in [0.15, 0.2) is 0 Å². The largest absolute Gasteiger partial charge is 0.497 e. The molecule has 0 saturated heterocycles. The maximum absolute atomic E-state index is 12.1. The summed E-state index contributed by atoms with van der Waals surface area (Å²) in [5, 5.41) is 0. The molecule has 0 spiro atoms. The molecule has 3 nitrogen and oxygen atoms in total. The van der Waals surface area contributed by atoms with Gasteiger partial charge in [-0.05, 0) is 42.3 Å². The second-order valence-corrected chi connectivity index (χ2v) is 5.01. The van der Waals surface area contributed by atoms with Gasteiger partial charge >= 0.3 is 0 Å². The molecule has 1 amide bonds. The lowest BCUT2D eigenvalue weighted by molar-refractivity contribution is -0.116. The Morgan fingerprint density at radius 2 is 1.81 bits per heavy atom. The molecule has 2 rings (SSSR count). The zero-order chi connectivity index (χ0) is 15.2. The number of carbonyl (C=O) groups excluding carboxylic acids is 1. The molecule has 0 saturated carbocycles. The topological polar surface area (TPSA) is 29.5 Å². The first-order valence-corrected chi connectivity index (χ1v) is 7.24. The average molecular weight is 304 g/mol. The molecular formula is C17H18ClNO2. The Labute approximate surface area is 130 Å². The van der Waals surface area contributed by atoms with Crippen molar-refractivity contribution in [2.24, 2.45) is 0 Å². The number of hydrogen-bond donors (Lipinski definition) is 0. The van der Waals surface area contributed by atoms with Crippen molar-refractivity contribution in [2.75, 3.05) is 17.9 Å². The molecule has 0 aliphatic rings. The van der Waals surface area contributed by atoms with Crippen LogP contribution >= 0.6 is 11.6 Å². The number of hydrogen-bond acceptors (Lipinski definition) is 2. The summed E-state index contributed by atoms with van der Waals surface area (Å²) in [5.41, 5.74) is 3.06. The van der Waals surface area contributed by atoms with Gasteiger partial charge in [-0.2, -0.15) is 0 Å². The number of ether oxygens (including phenoxy) is 1. The van der Waals surface area contributed by atoms with Crippen LogP contribution in [0.25, 0.3) is 0 Å². The maximum Gasteiger partial charge on any atom is 0.242 e. The molecule has 0 aliphatic carbocycles. The van der Waals surface area contributed by atoms with E-state index in [0.29, 0.717) is 6.54 Å². The van der Waals surface area contributed by atoms with Crippen LogP contribution in [-0.4, -0.2) is 18.9 Å². The van der Waals surface area contributed by atoms with Crippen LogP contribution in [0.2, 0.25) is 0 Å². The van der Waals surface area contributed by atoms with Gasteiger partial charge in [0.1, 0.15) is 11.6 Å². The second-order valence-electron chi connectivity index (χ2n) is 4.74. The highest BCUT2D eigenvalue weighted by Gasteiger charge is 2.16. The predicted octanol–water partition coefficient (Wildman–Crippen LogP) is 3.78. The molecule has 0 unspecified atom stereocenters. The van der Waals surface area contributed by atoms with Crippen LogP contribution in [0.3, 0.4) is 0 Å². The number of nitrogens with zero attached hydrogens (tertiary/aromatic N) is 1. The highest BCUT2D eigenvalue weighted by Crippen LogP contribution is 2.22. The van der Waals surface area contributed by atoms with E-state index >= 15 is 0 Å². The summed E-state index contributed by atoms with van der Waals surface area (Å²) in [6, 6.07) is 15.4. The standard InChI is InChI=1S/C17H18ClNO2/c1-13-5-3-4-6-14(13)12-19(17(20)11-18)15-7-9-16(21-2)10-8-15/h3-10H,11-12H2,1-2H3. The summed E-state index contributed by atoms with van der Waals surface area (Å²) in [5.74, 6) is 0.593. The monoisotopic (exact) mass is 303 g/mol. The molecular weight excluding hydrogens is 286 g/mol. The van der Waals surface area contributed by atoms with Crippen LogP contribution in [0.15, 0.2) is 48.5 Å². The molecule has 110 valence electrons. The minimum atomic E-state index is -0.120. The first kappa shape index (κ1) is 15.4. The van der Waals surface area contributed by atoms with Crippen molar-refractivity contribution in [3.63, 3.8) is 0 Å². The molecule has 0 N–H and O–H groups in total. The first-order chi connectivity index (χ1) is 10.2. The van der Waals surface area contributed by atoms with Crippen molar-refractivity contribution in [1.82, 2.24) is 0 Å². The van der Waals surface area contributed by atoms with Gasteiger partial charge < -0.3 is 9.64 Å². The zero-order valence-electron chi connectivity index (χ0n) is 12.2. The minimum Gasteiger partial charge on any atom is -0.497 e. The average Bonchev–Trinajstić information content (AvgIpc) is 2.53. The molecule has 0 bridgehead atoms. The van der Waals surface area contributed by atoms with Crippen molar-refractivity contribution >= 4 is 23.2 Å². The molecule has 2 aromatic rings. The van der Waals surface area contributed by atoms with Crippen LogP contribution in [0, 0.1) is 6.92 Å². The summed E-state index contributed by atoms with van der Waals surface area (Å²) in [6.07, 6.45) is 0. The van der Waals surface area contributed by atoms with Gasteiger partial charge in [0.05, 0.1) is 13.7 Å². The lowest BCUT2D eigenvalue weighted by Gasteiger charge is -2.23. The number of alkyl halides is 1. The van der Waals surface area contributed by atoms with Gasteiger partial charge in [-0.25, -0.2) is 0 Å². The normalized spacial score (nSPS) is 10.2. The number of anilines is 1. The van der Waals surface area contributed by atoms with Gasteiger partial charge in [0, 0.05) is 5.69 Å². The summed E-state index contributed by atoms with van der Waals surface area (Å²) < 4.78 is 5.14. The van der Waals surface area contributed by atoms with Gasteiger partial charge in [-0.1, -0.05) is 24.3 Å². The fraction of sp³-hybridized carbons (Fsp3) is 0.235. The number of benzene rings is 2. The number of amides is 1. The highest BCUT2D eigenvalue weighted by atomic mass is 35.5. The Balaban J connectivity index is 2.30. The molecule has 0 fully saturated rings. The lowest BCUT2D eigenvalue weighted by Crippen LogP contribution is -2.31. The third-order valence-corrected chi connectivity index (χ3v) is 3.62.